The van der Waals surface area contributed by atoms with Crippen LogP contribution >= 0.6 is 11.8 Å². The summed E-state index contributed by atoms with van der Waals surface area (Å²) in [7, 11) is 0. The minimum atomic E-state index is 0.873. The quantitative estimate of drug-likeness (QED) is 0.681. The largest absolute Gasteiger partial charge is 0.325 e. The van der Waals surface area contributed by atoms with Crippen molar-refractivity contribution in [3.63, 3.8) is 0 Å². The summed E-state index contributed by atoms with van der Waals surface area (Å²) in [5, 5.41) is 4.34. The maximum atomic E-state index is 4.82. The van der Waals surface area contributed by atoms with Crippen molar-refractivity contribution in [2.45, 2.75) is 24.5 Å². The monoisotopic (exact) mass is 298 g/mol. The molecule has 2 aromatic rings. The van der Waals surface area contributed by atoms with Crippen LogP contribution in [0.3, 0.4) is 0 Å². The minimum Gasteiger partial charge on any atom is -0.325 e. The number of nitrogens with one attached hydrogen (secondary N) is 1. The zero-order valence-electron chi connectivity index (χ0n) is 12.1. The Morgan fingerprint density at radius 2 is 2.10 bits per heavy atom. The number of nitrogens with zero attached hydrogens (tertiary/aromatic N) is 3. The number of para-hydroxylation sites is 1. The van der Waals surface area contributed by atoms with E-state index in [1.54, 1.807) is 11.8 Å². The highest BCUT2D eigenvalue weighted by Gasteiger charge is 2.26. The Labute approximate surface area is 129 Å². The van der Waals surface area contributed by atoms with Crippen LogP contribution < -0.4 is 10.2 Å². The van der Waals surface area contributed by atoms with Crippen LogP contribution in [0.15, 0.2) is 29.4 Å². The van der Waals surface area contributed by atoms with Gasteiger partial charge in [0, 0.05) is 37.3 Å². The van der Waals surface area contributed by atoms with Crippen LogP contribution in [0.4, 0.5) is 11.5 Å². The fraction of sp³-hybridized carbons (Fsp3) is 0.375. The van der Waals surface area contributed by atoms with Crippen LogP contribution in [0.1, 0.15) is 16.8 Å². The van der Waals surface area contributed by atoms with Crippen LogP contribution in [0.25, 0.3) is 0 Å². The number of hydrogen-bond acceptors (Lipinski definition) is 5. The van der Waals surface area contributed by atoms with Gasteiger partial charge in [0.15, 0.2) is 5.16 Å². The molecule has 1 aromatic heterocycles. The van der Waals surface area contributed by atoms with Crippen LogP contribution in [0, 0.1) is 0 Å². The van der Waals surface area contributed by atoms with E-state index >= 15 is 0 Å². The van der Waals surface area contributed by atoms with E-state index in [0.717, 1.165) is 43.5 Å². The smallest absolute Gasteiger partial charge is 0.189 e. The fourth-order valence-corrected chi connectivity index (χ4v) is 3.56. The van der Waals surface area contributed by atoms with Gasteiger partial charge < -0.3 is 10.2 Å². The van der Waals surface area contributed by atoms with Gasteiger partial charge in [0.2, 0.25) is 0 Å². The summed E-state index contributed by atoms with van der Waals surface area (Å²) in [5.74, 6) is 1.10. The van der Waals surface area contributed by atoms with Gasteiger partial charge in [0.05, 0.1) is 5.69 Å². The molecule has 21 heavy (non-hydrogen) atoms. The normalized spacial score (nSPS) is 16.7. The number of thioether (sulfide) groups is 1. The Hall–Kier alpha value is -1.59. The molecule has 2 aliphatic heterocycles. The van der Waals surface area contributed by atoms with Gasteiger partial charge in [-0.1, -0.05) is 30.0 Å². The molecule has 1 aromatic carbocycles. The maximum absolute atomic E-state index is 4.82. The second-order valence-corrected chi connectivity index (χ2v) is 6.19. The van der Waals surface area contributed by atoms with Gasteiger partial charge in [-0.15, -0.1) is 0 Å². The van der Waals surface area contributed by atoms with Crippen LogP contribution in [0.5, 0.6) is 0 Å². The molecule has 108 valence electrons. The van der Waals surface area contributed by atoms with Gasteiger partial charge >= 0.3 is 0 Å². The van der Waals surface area contributed by atoms with Gasteiger partial charge in [-0.05, 0) is 24.3 Å². The Kier molecular flexibility index (Phi) is 3.31. The van der Waals surface area contributed by atoms with Crippen LogP contribution in [0.2, 0.25) is 0 Å². The Balaban J connectivity index is 1.85. The first-order valence-electron chi connectivity index (χ1n) is 7.37. The third-order valence-electron chi connectivity index (χ3n) is 4.22. The molecule has 0 atom stereocenters. The lowest BCUT2D eigenvalue weighted by atomic mass is 10.1. The summed E-state index contributed by atoms with van der Waals surface area (Å²) in [6.07, 6.45) is 4.13. The van der Waals surface area contributed by atoms with Crippen LogP contribution in [-0.2, 0) is 19.4 Å². The lowest BCUT2D eigenvalue weighted by molar-refractivity contribution is 0.615. The third kappa shape index (κ3) is 2.21. The fourth-order valence-electron chi connectivity index (χ4n) is 3.18. The Bertz CT molecular complexity index is 686. The number of aromatic nitrogens is 2. The van der Waals surface area contributed by atoms with E-state index in [1.807, 2.05) is 6.26 Å². The summed E-state index contributed by atoms with van der Waals surface area (Å²) in [4.78, 5) is 11.9. The number of fused-ring (bicyclic) bond motifs is 2. The van der Waals surface area contributed by atoms with Crippen LogP contribution in [-0.4, -0.2) is 29.3 Å². The van der Waals surface area contributed by atoms with Crippen molar-refractivity contribution in [2.24, 2.45) is 0 Å². The summed E-state index contributed by atoms with van der Waals surface area (Å²) >= 11 is 1.63. The lowest BCUT2D eigenvalue weighted by Gasteiger charge is -2.26. The first-order chi connectivity index (χ1) is 10.4. The molecule has 0 spiro atoms. The van der Waals surface area contributed by atoms with Gasteiger partial charge in [-0.25, -0.2) is 9.97 Å². The molecule has 0 amide bonds. The van der Waals surface area contributed by atoms with Crippen molar-refractivity contribution in [3.8, 4) is 0 Å². The van der Waals surface area contributed by atoms with E-state index in [-0.39, 0.29) is 0 Å². The van der Waals surface area contributed by atoms with Gasteiger partial charge in [-0.2, -0.15) is 0 Å². The number of benzene rings is 1. The minimum absolute atomic E-state index is 0.873. The summed E-state index contributed by atoms with van der Waals surface area (Å²) in [5.41, 5.74) is 5.21. The number of hydrogen-bond donors (Lipinski definition) is 1. The Morgan fingerprint density at radius 1 is 1.19 bits per heavy atom. The molecule has 2 aliphatic rings. The highest BCUT2D eigenvalue weighted by molar-refractivity contribution is 7.98. The molecule has 4 rings (SSSR count). The van der Waals surface area contributed by atoms with Gasteiger partial charge in [0.25, 0.3) is 0 Å². The Morgan fingerprint density at radius 3 is 3.00 bits per heavy atom. The van der Waals surface area contributed by atoms with E-state index in [2.05, 4.69) is 34.5 Å². The van der Waals surface area contributed by atoms with Crippen molar-refractivity contribution in [2.75, 3.05) is 24.2 Å². The molecule has 1 N–H and O–H groups in total. The van der Waals surface area contributed by atoms with E-state index in [9.17, 15) is 0 Å². The van der Waals surface area contributed by atoms with Gasteiger partial charge in [-0.3, -0.25) is 0 Å². The highest BCUT2D eigenvalue weighted by Crippen LogP contribution is 2.37. The SMILES string of the molecule is CSc1nc2c(c(N3CCc4ccccc43)n1)CNCC2. The molecule has 0 aliphatic carbocycles. The zero-order valence-corrected chi connectivity index (χ0v) is 12.9. The molecule has 3 heterocycles. The predicted molar refractivity (Wildman–Crippen MR) is 86.4 cm³/mol. The molecule has 0 radical (unpaired) electrons. The maximum Gasteiger partial charge on any atom is 0.189 e. The second-order valence-electron chi connectivity index (χ2n) is 5.42. The summed E-state index contributed by atoms with van der Waals surface area (Å²) in [6, 6.07) is 8.65. The standard InChI is InChI=1S/C16H18N4S/c1-21-16-18-13-6-8-17-10-12(13)15(19-16)20-9-7-11-4-2-3-5-14(11)20/h2-5,17H,6-10H2,1H3. The summed E-state index contributed by atoms with van der Waals surface area (Å²) < 4.78 is 0. The second kappa shape index (κ2) is 5.31. The molecule has 5 heteroatoms. The van der Waals surface area contributed by atoms with Crippen molar-refractivity contribution in [1.82, 2.24) is 15.3 Å². The topological polar surface area (TPSA) is 41.1 Å². The van der Waals surface area contributed by atoms with E-state index in [1.165, 1.54) is 22.5 Å². The van der Waals surface area contributed by atoms with E-state index in [0.29, 0.717) is 0 Å². The summed E-state index contributed by atoms with van der Waals surface area (Å²) in [6.45, 7) is 2.89. The average molecular weight is 298 g/mol. The molecule has 0 saturated heterocycles. The highest BCUT2D eigenvalue weighted by atomic mass is 32.2. The number of anilines is 2. The number of rotatable bonds is 2. The molecule has 0 saturated carbocycles. The molecule has 0 unspecified atom stereocenters. The van der Waals surface area contributed by atoms with E-state index in [4.69, 9.17) is 9.97 Å². The molecule has 0 bridgehead atoms. The van der Waals surface area contributed by atoms with Crippen molar-refractivity contribution < 1.29 is 0 Å². The predicted octanol–water partition coefficient (Wildman–Crippen LogP) is 2.54. The van der Waals surface area contributed by atoms with E-state index < -0.39 is 0 Å². The van der Waals surface area contributed by atoms with Gasteiger partial charge in [0.1, 0.15) is 5.82 Å². The third-order valence-corrected chi connectivity index (χ3v) is 4.76. The van der Waals surface area contributed by atoms with Crippen molar-refractivity contribution >= 4 is 23.3 Å². The average Bonchev–Trinajstić information content (AvgIpc) is 2.97. The van der Waals surface area contributed by atoms with Crippen molar-refractivity contribution in [3.05, 3.63) is 41.1 Å². The molecular formula is C16H18N4S. The van der Waals surface area contributed by atoms with Crippen molar-refractivity contribution in [1.29, 1.82) is 0 Å². The molecule has 4 nitrogen and oxygen atoms in total. The lowest BCUT2D eigenvalue weighted by Crippen LogP contribution is -2.28. The molecular weight excluding hydrogens is 280 g/mol. The first kappa shape index (κ1) is 13.1. The zero-order chi connectivity index (χ0) is 14.2. The molecule has 0 fully saturated rings. The first-order valence-corrected chi connectivity index (χ1v) is 8.59.